The summed E-state index contributed by atoms with van der Waals surface area (Å²) in [7, 11) is 0. The summed E-state index contributed by atoms with van der Waals surface area (Å²) in [5.41, 5.74) is 0. The van der Waals surface area contributed by atoms with Crippen molar-refractivity contribution < 1.29 is 59.1 Å². The van der Waals surface area contributed by atoms with Crippen LogP contribution in [0.1, 0.15) is 0 Å². The van der Waals surface area contributed by atoms with Gasteiger partial charge in [0.05, 0.1) is 0 Å². The van der Waals surface area contributed by atoms with Gasteiger partial charge >= 0.3 is 56.8 Å². The second-order valence-electron chi connectivity index (χ2n) is 0.600. The summed E-state index contributed by atoms with van der Waals surface area (Å²) in [5, 5.41) is 0. The average Bonchev–Trinajstić information content (AvgIpc) is 0.722. The van der Waals surface area contributed by atoms with Gasteiger partial charge < -0.3 is 0 Å². The largest absolute Gasteiger partial charge is 0 e. The monoisotopic (exact) mass is 328 g/mol. The molecule has 0 spiro atoms. The molecule has 0 aliphatic heterocycles. The number of hydrogen-bond donors (Lipinski definition) is 4. The van der Waals surface area contributed by atoms with Gasteiger partial charge in [0, 0.05) is 26.2 Å². The SMILES string of the molecule is [OH][Ti]([OH])([OH])[OH].[SnH2].[Zr]. The van der Waals surface area contributed by atoms with Crippen LogP contribution in [-0.2, 0) is 44.3 Å². The van der Waals surface area contributed by atoms with Crippen molar-refractivity contribution in [2.45, 2.75) is 0 Å². The number of hydrogen-bond acceptors (Lipinski definition) is 4. The summed E-state index contributed by atoms with van der Waals surface area (Å²) in [6, 6.07) is 0. The smallest absolute Gasteiger partial charge is 0 e. The van der Waals surface area contributed by atoms with Gasteiger partial charge in [-0.05, 0) is 0 Å². The Labute approximate surface area is 81.9 Å². The van der Waals surface area contributed by atoms with E-state index in [1.807, 2.05) is 0 Å². The second-order valence-corrected chi connectivity index (χ2v) is 2.47. The van der Waals surface area contributed by atoms with Crippen LogP contribution >= 0.6 is 0 Å². The first kappa shape index (κ1) is 16.1. The quantitative estimate of drug-likeness (QED) is 0.354. The molecule has 0 unspecified atom stereocenters. The van der Waals surface area contributed by atoms with Crippen molar-refractivity contribution in [3.05, 3.63) is 0 Å². The van der Waals surface area contributed by atoms with Crippen LogP contribution in [0.2, 0.25) is 0 Å². The van der Waals surface area contributed by atoms with E-state index in [1.165, 1.54) is 0 Å². The van der Waals surface area contributed by atoms with Crippen LogP contribution in [0.25, 0.3) is 0 Å². The Kier molecular flexibility index (Phi) is 14.6. The zero-order valence-corrected chi connectivity index (χ0v) is 11.6. The summed E-state index contributed by atoms with van der Waals surface area (Å²) in [4.78, 5) is 0. The molecule has 0 rings (SSSR count). The molecule has 0 heterocycles. The van der Waals surface area contributed by atoms with Crippen LogP contribution in [0.4, 0.5) is 0 Å². The van der Waals surface area contributed by atoms with Crippen molar-refractivity contribution in [1.29, 1.82) is 0 Å². The minimum Gasteiger partial charge on any atom is 0 e. The molecule has 0 aromatic rings. The van der Waals surface area contributed by atoms with E-state index in [4.69, 9.17) is 14.8 Å². The predicted octanol–water partition coefficient (Wildman–Crippen LogP) is -3.15. The van der Waals surface area contributed by atoms with Crippen LogP contribution < -0.4 is 0 Å². The molecule has 2 radical (unpaired) electrons. The molecule has 0 aliphatic carbocycles. The molecule has 4 N–H and O–H groups in total. The van der Waals surface area contributed by atoms with E-state index >= 15 is 0 Å². The van der Waals surface area contributed by atoms with Gasteiger partial charge in [-0.3, -0.25) is 0 Å². The first-order valence-electron chi connectivity index (χ1n) is 0.894. The van der Waals surface area contributed by atoms with E-state index < -0.39 is 18.1 Å². The zero-order chi connectivity index (χ0) is 4.50. The van der Waals surface area contributed by atoms with E-state index in [-0.39, 0.29) is 50.1 Å². The van der Waals surface area contributed by atoms with Crippen molar-refractivity contribution in [1.82, 2.24) is 0 Å². The fourth-order valence-corrected chi connectivity index (χ4v) is 0. The van der Waals surface area contributed by atoms with Gasteiger partial charge in [0.2, 0.25) is 0 Å². The summed E-state index contributed by atoms with van der Waals surface area (Å²) >= 11 is -5.00. The molecule has 7 heavy (non-hydrogen) atoms. The molecule has 0 aromatic heterocycles. The molecule has 0 aromatic carbocycles. The van der Waals surface area contributed by atoms with E-state index in [0.29, 0.717) is 0 Å². The van der Waals surface area contributed by atoms with Gasteiger partial charge in [0.25, 0.3) is 0 Å². The number of rotatable bonds is 0. The summed E-state index contributed by atoms with van der Waals surface area (Å²) in [6.07, 6.45) is 0. The Morgan fingerprint density at radius 2 is 0.857 bits per heavy atom. The molecule has 0 amide bonds. The van der Waals surface area contributed by atoms with Gasteiger partial charge in [0.15, 0.2) is 0 Å². The van der Waals surface area contributed by atoms with Crippen molar-refractivity contribution in [2.24, 2.45) is 0 Å². The van der Waals surface area contributed by atoms with Crippen LogP contribution in [-0.4, -0.2) is 38.7 Å². The molecule has 4 nitrogen and oxygen atoms in total. The molecule has 0 atom stereocenters. The van der Waals surface area contributed by atoms with E-state index in [9.17, 15) is 0 Å². The summed E-state index contributed by atoms with van der Waals surface area (Å²) in [6.45, 7) is 0. The van der Waals surface area contributed by atoms with Crippen LogP contribution in [0.3, 0.4) is 0 Å². The molecule has 0 saturated carbocycles. The molecule has 42 valence electrons. The molecular formula is H6O4SnTiZr. The van der Waals surface area contributed by atoms with Crippen LogP contribution in [0, 0.1) is 0 Å². The molecule has 0 aliphatic rings. The summed E-state index contributed by atoms with van der Waals surface area (Å²) in [5.74, 6) is 0. The Bertz CT molecular complexity index is 27.2. The topological polar surface area (TPSA) is 80.9 Å². The van der Waals surface area contributed by atoms with E-state index in [2.05, 4.69) is 0 Å². The minimum atomic E-state index is -5.00. The second kappa shape index (κ2) is 6.36. The fourth-order valence-electron chi connectivity index (χ4n) is 0. The predicted molar refractivity (Wildman–Crippen MR) is 17.4 cm³/mol. The van der Waals surface area contributed by atoms with Gasteiger partial charge in [-0.1, -0.05) is 0 Å². The van der Waals surface area contributed by atoms with Crippen molar-refractivity contribution in [3.8, 4) is 0 Å². The molecular weight excluding hydrogens is 322 g/mol. The Morgan fingerprint density at radius 1 is 0.857 bits per heavy atom. The van der Waals surface area contributed by atoms with Crippen molar-refractivity contribution >= 4 is 23.9 Å². The third-order valence-corrected chi connectivity index (χ3v) is 0. The van der Waals surface area contributed by atoms with E-state index in [1.54, 1.807) is 0 Å². The zero-order valence-electron chi connectivity index (χ0n) is 3.50. The standard InChI is InChI=1S/4H2O.Sn.Ti.Zr.2H/h4*1H2;;;;;/q;;;;;+4;;;/p-4. The first-order chi connectivity index (χ1) is 2.00. The van der Waals surface area contributed by atoms with E-state index in [0.717, 1.165) is 0 Å². The summed E-state index contributed by atoms with van der Waals surface area (Å²) < 4.78 is 29.5. The van der Waals surface area contributed by atoms with Crippen molar-refractivity contribution in [3.63, 3.8) is 0 Å². The Hall–Kier alpha value is 2.24. The van der Waals surface area contributed by atoms with Gasteiger partial charge in [-0.2, -0.15) is 0 Å². The normalized spacial score (nSPS) is 8.57. The third-order valence-electron chi connectivity index (χ3n) is 0. The van der Waals surface area contributed by atoms with Crippen molar-refractivity contribution in [2.75, 3.05) is 0 Å². The molecule has 0 fully saturated rings. The molecule has 0 saturated heterocycles. The Balaban J connectivity index is -0.0000000800. The van der Waals surface area contributed by atoms with Gasteiger partial charge in [-0.25, -0.2) is 0 Å². The molecule has 7 heteroatoms. The Morgan fingerprint density at radius 3 is 0.857 bits per heavy atom. The maximum Gasteiger partial charge on any atom is 0 e. The van der Waals surface area contributed by atoms with Crippen LogP contribution in [0.15, 0.2) is 0 Å². The average molecular weight is 328 g/mol. The fraction of sp³-hybridized carbons (Fsp3) is 0. The van der Waals surface area contributed by atoms with Gasteiger partial charge in [-0.15, -0.1) is 0 Å². The van der Waals surface area contributed by atoms with Crippen LogP contribution in [0.5, 0.6) is 0 Å². The maximum absolute atomic E-state index is 7.38. The maximum atomic E-state index is 7.38. The third kappa shape index (κ3) is 64.1. The molecule has 0 bridgehead atoms. The first-order valence-corrected chi connectivity index (χ1v) is 3.69. The minimum absolute atomic E-state index is 0. The van der Waals surface area contributed by atoms with Gasteiger partial charge in [0.1, 0.15) is 0 Å².